The average molecular weight is 237 g/mol. The molecule has 1 atom stereocenters. The Morgan fingerprint density at radius 2 is 2.25 bits per heavy atom. The third-order valence-corrected chi connectivity index (χ3v) is 3.79. The van der Waals surface area contributed by atoms with Crippen LogP contribution in [-0.4, -0.2) is 12.6 Å². The van der Waals surface area contributed by atoms with Crippen molar-refractivity contribution in [3.8, 4) is 0 Å². The first-order chi connectivity index (χ1) is 7.72. The molecule has 3 rings (SSSR count). The van der Waals surface area contributed by atoms with E-state index in [1.165, 1.54) is 5.56 Å². The highest BCUT2D eigenvalue weighted by Gasteiger charge is 2.46. The molecule has 1 fully saturated rings. The van der Waals surface area contributed by atoms with E-state index in [9.17, 15) is 4.79 Å². The largest absolute Gasteiger partial charge is 0.342 e. The molecule has 2 aliphatic rings. The Kier molecular flexibility index (Phi) is 2.19. The van der Waals surface area contributed by atoms with Crippen LogP contribution >= 0.6 is 11.6 Å². The predicted octanol–water partition coefficient (Wildman–Crippen LogP) is 1.55. The highest BCUT2D eigenvalue weighted by atomic mass is 35.5. The zero-order valence-corrected chi connectivity index (χ0v) is 9.60. The van der Waals surface area contributed by atoms with Gasteiger partial charge in [0.2, 0.25) is 5.91 Å². The summed E-state index contributed by atoms with van der Waals surface area (Å²) in [5.74, 6) is 0.0794. The molecule has 16 heavy (non-hydrogen) atoms. The summed E-state index contributed by atoms with van der Waals surface area (Å²) in [7, 11) is 0. The summed E-state index contributed by atoms with van der Waals surface area (Å²) >= 11 is 6.03. The zero-order valence-electron chi connectivity index (χ0n) is 8.85. The van der Waals surface area contributed by atoms with Crippen molar-refractivity contribution >= 4 is 17.5 Å². The number of rotatable bonds is 0. The third-order valence-electron chi connectivity index (χ3n) is 3.56. The molecule has 1 aromatic rings. The molecule has 2 N–H and O–H groups in total. The van der Waals surface area contributed by atoms with Crippen LogP contribution < -0.4 is 10.6 Å². The van der Waals surface area contributed by atoms with Gasteiger partial charge < -0.3 is 5.32 Å². The number of nitrogens with one attached hydrogen (secondary N) is 2. The van der Waals surface area contributed by atoms with Crippen molar-refractivity contribution in [2.75, 3.05) is 6.67 Å². The van der Waals surface area contributed by atoms with E-state index in [0.29, 0.717) is 11.7 Å². The summed E-state index contributed by atoms with van der Waals surface area (Å²) < 4.78 is 0. The molecule has 1 heterocycles. The Balaban J connectivity index is 2.18. The molecule has 84 valence electrons. The molecule has 1 amide bonds. The third kappa shape index (κ3) is 1.28. The average Bonchev–Trinajstić information content (AvgIpc) is 2.63. The van der Waals surface area contributed by atoms with Gasteiger partial charge in [-0.1, -0.05) is 17.7 Å². The van der Waals surface area contributed by atoms with E-state index in [0.717, 1.165) is 24.8 Å². The van der Waals surface area contributed by atoms with Gasteiger partial charge in [-0.2, -0.15) is 0 Å². The number of halogens is 1. The molecule has 0 aromatic heterocycles. The van der Waals surface area contributed by atoms with Crippen molar-refractivity contribution < 1.29 is 4.79 Å². The quantitative estimate of drug-likeness (QED) is 0.718. The van der Waals surface area contributed by atoms with E-state index in [4.69, 9.17) is 11.6 Å². The highest BCUT2D eigenvalue weighted by molar-refractivity contribution is 6.30. The molecule has 3 nitrogen and oxygen atoms in total. The van der Waals surface area contributed by atoms with Crippen LogP contribution in [0.5, 0.6) is 0 Å². The normalized spacial score (nSPS) is 27.9. The number of fused-ring (bicyclic) bond motifs is 2. The molecule has 1 aliphatic heterocycles. The maximum Gasteiger partial charge on any atom is 0.245 e. The molecule has 1 saturated heterocycles. The predicted molar refractivity (Wildman–Crippen MR) is 62.2 cm³/mol. The van der Waals surface area contributed by atoms with E-state index in [1.807, 2.05) is 18.2 Å². The first-order valence-electron chi connectivity index (χ1n) is 5.55. The fourth-order valence-electron chi connectivity index (χ4n) is 2.77. The fourth-order valence-corrected chi connectivity index (χ4v) is 2.94. The topological polar surface area (TPSA) is 41.1 Å². The Bertz CT molecular complexity index is 460. The lowest BCUT2D eigenvalue weighted by molar-refractivity contribution is -0.124. The second-order valence-electron chi connectivity index (χ2n) is 4.42. The van der Waals surface area contributed by atoms with Crippen molar-refractivity contribution in [1.82, 2.24) is 10.6 Å². The maximum atomic E-state index is 12.0. The van der Waals surface area contributed by atoms with Gasteiger partial charge in [0.05, 0.1) is 6.67 Å². The first-order valence-corrected chi connectivity index (χ1v) is 5.92. The standard InChI is InChI=1S/C12H13ClN2O/c13-9-4-3-8-2-1-5-12(10(8)6-9)11(16)14-7-15-12/h3-4,6,15H,1-2,5,7H2,(H,14,16). The number of hydrogen-bond donors (Lipinski definition) is 2. The van der Waals surface area contributed by atoms with Gasteiger partial charge in [-0.3, -0.25) is 10.1 Å². The number of amides is 1. The summed E-state index contributed by atoms with van der Waals surface area (Å²) in [5.41, 5.74) is 1.76. The lowest BCUT2D eigenvalue weighted by Crippen LogP contribution is -2.45. The number of benzene rings is 1. The summed E-state index contributed by atoms with van der Waals surface area (Å²) in [4.78, 5) is 12.0. The number of carbonyl (C=O) groups excluding carboxylic acids is 1. The van der Waals surface area contributed by atoms with E-state index < -0.39 is 5.54 Å². The molecule has 4 heteroatoms. The lowest BCUT2D eigenvalue weighted by Gasteiger charge is -2.33. The van der Waals surface area contributed by atoms with Gasteiger partial charge in [-0.25, -0.2) is 0 Å². The number of hydrogen-bond acceptors (Lipinski definition) is 2. The zero-order chi connectivity index (χ0) is 11.2. The van der Waals surface area contributed by atoms with Gasteiger partial charge in [-0.15, -0.1) is 0 Å². The second kappa shape index (κ2) is 3.47. The van der Waals surface area contributed by atoms with Crippen LogP contribution in [0.15, 0.2) is 18.2 Å². The lowest BCUT2D eigenvalue weighted by atomic mass is 9.76. The summed E-state index contributed by atoms with van der Waals surface area (Å²) in [6, 6.07) is 5.85. The van der Waals surface area contributed by atoms with Crippen LogP contribution in [0.25, 0.3) is 0 Å². The summed E-state index contributed by atoms with van der Waals surface area (Å²) in [5, 5.41) is 6.83. The highest BCUT2D eigenvalue weighted by Crippen LogP contribution is 2.38. The minimum absolute atomic E-state index is 0.0794. The van der Waals surface area contributed by atoms with Crippen molar-refractivity contribution in [2.45, 2.75) is 24.8 Å². The molecule has 0 bridgehead atoms. The smallest absolute Gasteiger partial charge is 0.245 e. The maximum absolute atomic E-state index is 12.0. The van der Waals surface area contributed by atoms with Crippen LogP contribution in [0, 0.1) is 0 Å². The minimum Gasteiger partial charge on any atom is -0.342 e. The molecule has 1 spiro atoms. The Hall–Kier alpha value is -1.06. The summed E-state index contributed by atoms with van der Waals surface area (Å²) in [6.07, 6.45) is 2.92. The molecule has 0 saturated carbocycles. The van der Waals surface area contributed by atoms with E-state index in [-0.39, 0.29) is 5.91 Å². The number of aryl methyl sites for hydroxylation is 1. The Labute approximate surface area is 99.2 Å². The van der Waals surface area contributed by atoms with Crippen molar-refractivity contribution in [2.24, 2.45) is 0 Å². The van der Waals surface area contributed by atoms with Crippen LogP contribution in [0.1, 0.15) is 24.0 Å². The van der Waals surface area contributed by atoms with E-state index >= 15 is 0 Å². The SMILES string of the molecule is O=C1NCNC12CCCc1ccc(Cl)cc12. The fraction of sp³-hybridized carbons (Fsp3) is 0.417. The Morgan fingerprint density at radius 1 is 1.38 bits per heavy atom. The van der Waals surface area contributed by atoms with E-state index in [2.05, 4.69) is 10.6 Å². The van der Waals surface area contributed by atoms with Crippen LogP contribution in [0.4, 0.5) is 0 Å². The van der Waals surface area contributed by atoms with E-state index in [1.54, 1.807) is 0 Å². The monoisotopic (exact) mass is 236 g/mol. The van der Waals surface area contributed by atoms with Crippen LogP contribution in [-0.2, 0) is 16.8 Å². The van der Waals surface area contributed by atoms with Gasteiger partial charge in [0.1, 0.15) is 5.54 Å². The van der Waals surface area contributed by atoms with Crippen LogP contribution in [0.3, 0.4) is 0 Å². The molecule has 1 aliphatic carbocycles. The van der Waals surface area contributed by atoms with Crippen molar-refractivity contribution in [3.63, 3.8) is 0 Å². The van der Waals surface area contributed by atoms with Crippen molar-refractivity contribution in [1.29, 1.82) is 0 Å². The van der Waals surface area contributed by atoms with Gasteiger partial charge >= 0.3 is 0 Å². The number of carbonyl (C=O) groups is 1. The first kappa shape index (κ1) is 10.1. The Morgan fingerprint density at radius 3 is 3.00 bits per heavy atom. The van der Waals surface area contributed by atoms with Gasteiger partial charge in [0, 0.05) is 5.02 Å². The van der Waals surface area contributed by atoms with Gasteiger partial charge in [-0.05, 0) is 42.5 Å². The molecule has 1 unspecified atom stereocenters. The summed E-state index contributed by atoms with van der Waals surface area (Å²) in [6.45, 7) is 0.546. The molecular weight excluding hydrogens is 224 g/mol. The minimum atomic E-state index is -0.529. The molecular formula is C12H13ClN2O. The van der Waals surface area contributed by atoms with Gasteiger partial charge in [0.25, 0.3) is 0 Å². The van der Waals surface area contributed by atoms with Crippen molar-refractivity contribution in [3.05, 3.63) is 34.3 Å². The molecule has 1 aromatic carbocycles. The second-order valence-corrected chi connectivity index (χ2v) is 4.86. The molecule has 0 radical (unpaired) electrons. The van der Waals surface area contributed by atoms with Crippen LogP contribution in [0.2, 0.25) is 5.02 Å². The van der Waals surface area contributed by atoms with Gasteiger partial charge in [0.15, 0.2) is 0 Å².